The third-order valence-corrected chi connectivity index (χ3v) is 12.1. The van der Waals surface area contributed by atoms with Gasteiger partial charge in [-0.25, -0.2) is 8.42 Å². The largest absolute Gasteiger partial charge is 0.415 e. The topological polar surface area (TPSA) is 43.4 Å². The van der Waals surface area contributed by atoms with Crippen molar-refractivity contribution < 1.29 is 12.8 Å². The Morgan fingerprint density at radius 2 is 1.84 bits per heavy atom. The zero-order valence-corrected chi connectivity index (χ0v) is 14.9. The fraction of sp³-hybridized carbons (Fsp3) is 0.857. The van der Waals surface area contributed by atoms with Gasteiger partial charge in [0.2, 0.25) is 8.32 Å². The molecule has 0 aromatic carbocycles. The summed E-state index contributed by atoms with van der Waals surface area (Å²) >= 11 is 0. The van der Waals surface area contributed by atoms with E-state index in [9.17, 15) is 8.42 Å². The molecule has 5 heteroatoms. The summed E-state index contributed by atoms with van der Waals surface area (Å²) in [6.07, 6.45) is 3.66. The lowest BCUT2D eigenvalue weighted by Gasteiger charge is -2.38. The van der Waals surface area contributed by atoms with E-state index in [1.807, 2.05) is 13.0 Å². The predicted octanol–water partition coefficient (Wildman–Crippen LogP) is 3.46. The number of rotatable bonds is 6. The first-order chi connectivity index (χ1) is 8.72. The van der Waals surface area contributed by atoms with Gasteiger partial charge in [0.1, 0.15) is 0 Å². The van der Waals surface area contributed by atoms with Crippen LogP contribution in [0.5, 0.6) is 0 Å². The maximum absolute atomic E-state index is 12.3. The minimum absolute atomic E-state index is 0.216. The quantitative estimate of drug-likeness (QED) is 0.706. The summed E-state index contributed by atoms with van der Waals surface area (Å²) in [7, 11) is -3.41. The summed E-state index contributed by atoms with van der Waals surface area (Å²) in [5.74, 6) is 0.216. The summed E-state index contributed by atoms with van der Waals surface area (Å²) in [6.45, 7) is 10.7. The van der Waals surface area contributed by atoms with Crippen LogP contribution in [0.1, 0.15) is 47.5 Å². The molecule has 1 atom stereocenters. The Bertz CT molecular complexity index is 430. The molecule has 0 saturated carbocycles. The van der Waals surface area contributed by atoms with Gasteiger partial charge in [0.25, 0.3) is 0 Å². The normalized spacial score (nSPS) is 23.2. The van der Waals surface area contributed by atoms with Crippen LogP contribution in [0, 0.1) is 0 Å². The molecule has 1 aliphatic rings. The van der Waals surface area contributed by atoms with Crippen molar-refractivity contribution in [1.29, 1.82) is 0 Å². The minimum atomic E-state index is -3.00. The molecule has 0 saturated heterocycles. The van der Waals surface area contributed by atoms with Gasteiger partial charge in [0.05, 0.1) is 11.0 Å². The van der Waals surface area contributed by atoms with Gasteiger partial charge in [-0.3, -0.25) is 0 Å². The highest BCUT2D eigenvalue weighted by Crippen LogP contribution is 2.42. The molecule has 0 aromatic heterocycles. The Morgan fingerprint density at radius 1 is 1.32 bits per heavy atom. The molecule has 1 aliphatic heterocycles. The van der Waals surface area contributed by atoms with Crippen molar-refractivity contribution in [3.8, 4) is 0 Å². The molecular formula is C14H28O3SSi. The van der Waals surface area contributed by atoms with Crippen molar-refractivity contribution in [1.82, 2.24) is 0 Å². The van der Waals surface area contributed by atoms with E-state index >= 15 is 0 Å². The van der Waals surface area contributed by atoms with Crippen LogP contribution in [0.3, 0.4) is 0 Å². The lowest BCUT2D eigenvalue weighted by atomic mass is 10.2. The Balaban J connectivity index is 3.23. The van der Waals surface area contributed by atoms with Crippen LogP contribution in [-0.4, -0.2) is 34.8 Å². The first kappa shape index (κ1) is 16.9. The molecule has 0 spiro atoms. The molecular weight excluding hydrogens is 276 g/mol. The number of sulfone groups is 1. The Morgan fingerprint density at radius 3 is 2.21 bits per heavy atom. The van der Waals surface area contributed by atoms with Gasteiger partial charge >= 0.3 is 0 Å². The van der Waals surface area contributed by atoms with E-state index in [4.69, 9.17) is 4.43 Å². The third kappa shape index (κ3) is 2.98. The monoisotopic (exact) mass is 304 g/mol. The number of hydrogen-bond donors (Lipinski definition) is 0. The Hall–Kier alpha value is -0.133. The van der Waals surface area contributed by atoms with E-state index in [1.165, 1.54) is 0 Å². The van der Waals surface area contributed by atoms with Gasteiger partial charge in [0, 0.05) is 7.11 Å². The summed E-state index contributed by atoms with van der Waals surface area (Å²) in [4.78, 5) is 0. The standard InChI is InChI=1S/C14H28O3SSi/c1-7-8-13-9-14(10-18(13,15)16)19(17-6,11(2)3)12(4)5/h9,11-13H,7-8,10H2,1-6H3. The van der Waals surface area contributed by atoms with Crippen molar-refractivity contribution in [3.63, 3.8) is 0 Å². The van der Waals surface area contributed by atoms with Crippen LogP contribution in [0.25, 0.3) is 0 Å². The van der Waals surface area contributed by atoms with E-state index in [1.54, 1.807) is 7.11 Å². The molecule has 0 aromatic rings. The van der Waals surface area contributed by atoms with Gasteiger partial charge in [0.15, 0.2) is 9.84 Å². The highest BCUT2D eigenvalue weighted by Gasteiger charge is 2.49. The van der Waals surface area contributed by atoms with Gasteiger partial charge in [-0.05, 0) is 22.7 Å². The molecule has 0 amide bonds. The SMILES string of the molecule is CCCC1C=C([Si](OC)(C(C)C)C(C)C)CS1(=O)=O. The van der Waals surface area contributed by atoms with Gasteiger partial charge in [-0.1, -0.05) is 47.1 Å². The van der Waals surface area contributed by atoms with Crippen LogP contribution >= 0.6 is 0 Å². The third-order valence-electron chi connectivity index (χ3n) is 4.33. The molecule has 1 rings (SSSR count). The molecule has 0 bridgehead atoms. The molecule has 1 heterocycles. The summed E-state index contributed by atoms with van der Waals surface area (Å²) in [6, 6.07) is 0. The van der Waals surface area contributed by atoms with Crippen LogP contribution in [-0.2, 0) is 14.3 Å². The Kier molecular flexibility index (Phi) is 5.43. The van der Waals surface area contributed by atoms with Crippen molar-refractivity contribution in [3.05, 3.63) is 11.3 Å². The van der Waals surface area contributed by atoms with E-state index in [0.717, 1.165) is 18.0 Å². The maximum Gasteiger partial charge on any atom is 0.225 e. The highest BCUT2D eigenvalue weighted by molar-refractivity contribution is 7.92. The van der Waals surface area contributed by atoms with E-state index in [0.29, 0.717) is 11.1 Å². The second kappa shape index (κ2) is 6.10. The van der Waals surface area contributed by atoms with Gasteiger partial charge in [-0.2, -0.15) is 0 Å². The molecule has 1 unspecified atom stereocenters. The predicted molar refractivity (Wildman–Crippen MR) is 83.5 cm³/mol. The molecule has 0 radical (unpaired) electrons. The molecule has 0 aliphatic carbocycles. The lowest BCUT2D eigenvalue weighted by molar-refractivity contribution is 0.380. The van der Waals surface area contributed by atoms with Crippen LogP contribution in [0.4, 0.5) is 0 Å². The average molecular weight is 305 g/mol. The maximum atomic E-state index is 12.3. The van der Waals surface area contributed by atoms with Crippen molar-refractivity contribution in [2.45, 2.75) is 63.8 Å². The van der Waals surface area contributed by atoms with Gasteiger partial charge < -0.3 is 4.43 Å². The van der Waals surface area contributed by atoms with Crippen LogP contribution in [0.2, 0.25) is 11.1 Å². The fourth-order valence-corrected chi connectivity index (χ4v) is 11.3. The fourth-order valence-electron chi connectivity index (χ4n) is 3.50. The highest BCUT2D eigenvalue weighted by atomic mass is 32.2. The zero-order valence-electron chi connectivity index (χ0n) is 13.1. The van der Waals surface area contributed by atoms with Crippen LogP contribution in [0.15, 0.2) is 11.3 Å². The molecule has 0 fully saturated rings. The van der Waals surface area contributed by atoms with Gasteiger partial charge in [-0.15, -0.1) is 0 Å². The lowest BCUT2D eigenvalue weighted by Crippen LogP contribution is -2.47. The number of hydrogen-bond acceptors (Lipinski definition) is 3. The summed E-state index contributed by atoms with van der Waals surface area (Å²) < 4.78 is 30.5. The van der Waals surface area contributed by atoms with E-state index in [2.05, 4.69) is 27.7 Å². The first-order valence-electron chi connectivity index (χ1n) is 7.20. The van der Waals surface area contributed by atoms with Crippen molar-refractivity contribution >= 4 is 18.2 Å². The Labute approximate surface area is 119 Å². The van der Waals surface area contributed by atoms with Crippen LogP contribution < -0.4 is 0 Å². The van der Waals surface area contributed by atoms with Crippen molar-refractivity contribution in [2.75, 3.05) is 12.9 Å². The summed E-state index contributed by atoms with van der Waals surface area (Å²) in [5.41, 5.74) is 0.777. The smallest absolute Gasteiger partial charge is 0.225 e. The molecule has 112 valence electrons. The molecule has 3 nitrogen and oxygen atoms in total. The van der Waals surface area contributed by atoms with E-state index < -0.39 is 18.2 Å². The second-order valence-corrected chi connectivity index (χ2v) is 13.3. The molecule has 0 N–H and O–H groups in total. The average Bonchev–Trinajstić information content (AvgIpc) is 2.56. The van der Waals surface area contributed by atoms with E-state index in [-0.39, 0.29) is 11.0 Å². The summed E-state index contributed by atoms with van der Waals surface area (Å²) in [5, 5.41) is 0.811. The first-order valence-corrected chi connectivity index (χ1v) is 11.0. The zero-order chi connectivity index (χ0) is 14.8. The second-order valence-electron chi connectivity index (χ2n) is 6.13. The molecule has 19 heavy (non-hydrogen) atoms. The van der Waals surface area contributed by atoms with Crippen molar-refractivity contribution in [2.24, 2.45) is 0 Å². The minimum Gasteiger partial charge on any atom is -0.415 e.